The van der Waals surface area contributed by atoms with Crippen LogP contribution in [0, 0.1) is 24.0 Å². The number of carbonyl (C=O) groups is 1. The molecule has 160 valence electrons. The summed E-state index contributed by atoms with van der Waals surface area (Å²) in [7, 11) is -3.73. The molecular formula is C20H18N4O5S2. The third-order valence-corrected chi connectivity index (χ3v) is 6.04. The van der Waals surface area contributed by atoms with Crippen molar-refractivity contribution < 1.29 is 18.1 Å². The molecule has 0 aliphatic carbocycles. The second-order valence-corrected chi connectivity index (χ2v) is 9.82. The summed E-state index contributed by atoms with van der Waals surface area (Å²) >= 11 is 1.37. The number of nitro benzene ring substituents is 1. The minimum Gasteiger partial charge on any atom is -0.322 e. The summed E-state index contributed by atoms with van der Waals surface area (Å²) in [6, 6.07) is 11.8. The topological polar surface area (TPSA) is 132 Å². The molecule has 0 atom stereocenters. The van der Waals surface area contributed by atoms with Gasteiger partial charge >= 0.3 is 0 Å². The lowest BCUT2D eigenvalue weighted by molar-refractivity contribution is -0.385. The molecule has 31 heavy (non-hydrogen) atoms. The molecule has 0 aliphatic heterocycles. The first-order valence-corrected chi connectivity index (χ1v) is 11.6. The minimum absolute atomic E-state index is 0.128. The molecule has 1 aromatic heterocycles. The van der Waals surface area contributed by atoms with Gasteiger partial charge in [-0.2, -0.15) is 0 Å². The van der Waals surface area contributed by atoms with E-state index in [9.17, 15) is 23.3 Å². The van der Waals surface area contributed by atoms with Crippen LogP contribution in [0.4, 0.5) is 11.4 Å². The maximum absolute atomic E-state index is 12.6. The number of sulfone groups is 1. The fraction of sp³-hybridized carbons (Fsp3) is 0.150. The van der Waals surface area contributed by atoms with E-state index in [0.29, 0.717) is 10.8 Å². The molecule has 0 unspecified atom stereocenters. The number of rotatable bonds is 6. The summed E-state index contributed by atoms with van der Waals surface area (Å²) in [5.74, 6) is -0.661. The van der Waals surface area contributed by atoms with Crippen molar-refractivity contribution in [3.63, 3.8) is 0 Å². The summed E-state index contributed by atoms with van der Waals surface area (Å²) in [5.41, 5.74) is 1.57. The number of nitro groups is 1. The Morgan fingerprint density at radius 1 is 1.03 bits per heavy atom. The lowest BCUT2D eigenvalue weighted by atomic mass is 10.2. The first kappa shape index (κ1) is 22.4. The average Bonchev–Trinajstić information content (AvgIpc) is 2.67. The number of carbonyl (C=O) groups excluding carboxylic acids is 1. The van der Waals surface area contributed by atoms with Gasteiger partial charge in [0.05, 0.1) is 9.82 Å². The Bertz CT molecular complexity index is 1250. The largest absolute Gasteiger partial charge is 0.322 e. The fourth-order valence-corrected chi connectivity index (χ4v) is 4.23. The van der Waals surface area contributed by atoms with Gasteiger partial charge in [0, 0.05) is 45.9 Å². The summed E-state index contributed by atoms with van der Waals surface area (Å²) in [6.07, 6.45) is 0.920. The van der Waals surface area contributed by atoms with Crippen LogP contribution in [0.25, 0.3) is 0 Å². The van der Waals surface area contributed by atoms with Gasteiger partial charge in [-0.3, -0.25) is 14.9 Å². The minimum atomic E-state index is -3.73. The van der Waals surface area contributed by atoms with Crippen molar-refractivity contribution in [1.82, 2.24) is 9.97 Å². The van der Waals surface area contributed by atoms with E-state index in [-0.39, 0.29) is 10.5 Å². The SMILES string of the molecule is Cc1cc(C)nc(Sc2ccc(NC(=O)c3cc([N+](=O)[O-])cc(S(C)(=O)=O)c3)cc2)n1. The standard InChI is InChI=1S/C20H18N4O5S2/c1-12-8-13(2)22-20(21-12)30-17-6-4-15(5-7-17)23-19(25)14-9-16(24(26)27)11-18(10-14)31(3,28)29/h4-11H,1-3H3,(H,23,25). The van der Waals surface area contributed by atoms with Crippen LogP contribution >= 0.6 is 11.8 Å². The lowest BCUT2D eigenvalue weighted by Gasteiger charge is -2.08. The van der Waals surface area contributed by atoms with E-state index in [1.54, 1.807) is 24.3 Å². The van der Waals surface area contributed by atoms with Crippen molar-refractivity contribution in [3.8, 4) is 0 Å². The number of nitrogens with one attached hydrogen (secondary N) is 1. The van der Waals surface area contributed by atoms with Gasteiger partial charge in [-0.25, -0.2) is 18.4 Å². The number of benzene rings is 2. The van der Waals surface area contributed by atoms with E-state index in [2.05, 4.69) is 15.3 Å². The highest BCUT2D eigenvalue weighted by Gasteiger charge is 2.19. The second-order valence-electron chi connectivity index (χ2n) is 6.76. The van der Waals surface area contributed by atoms with E-state index < -0.39 is 26.4 Å². The number of aromatic nitrogens is 2. The predicted molar refractivity (Wildman–Crippen MR) is 116 cm³/mol. The van der Waals surface area contributed by atoms with Crippen LogP contribution in [-0.2, 0) is 9.84 Å². The Labute approximate surface area is 183 Å². The van der Waals surface area contributed by atoms with Crippen LogP contribution in [-0.4, -0.2) is 35.5 Å². The van der Waals surface area contributed by atoms with Gasteiger partial charge in [0.25, 0.3) is 11.6 Å². The van der Waals surface area contributed by atoms with Gasteiger partial charge in [-0.1, -0.05) is 0 Å². The number of hydrogen-bond acceptors (Lipinski definition) is 8. The molecular weight excluding hydrogens is 440 g/mol. The van der Waals surface area contributed by atoms with E-state index >= 15 is 0 Å². The van der Waals surface area contributed by atoms with Crippen molar-refractivity contribution in [3.05, 3.63) is 75.6 Å². The van der Waals surface area contributed by atoms with Gasteiger partial charge in [-0.05, 0) is 62.0 Å². The highest BCUT2D eigenvalue weighted by Crippen LogP contribution is 2.27. The van der Waals surface area contributed by atoms with Gasteiger partial charge in [0.2, 0.25) is 0 Å². The normalized spacial score (nSPS) is 11.2. The van der Waals surface area contributed by atoms with Crippen LogP contribution in [0.3, 0.4) is 0 Å². The maximum atomic E-state index is 12.6. The monoisotopic (exact) mass is 458 g/mol. The Morgan fingerprint density at radius 3 is 2.19 bits per heavy atom. The van der Waals surface area contributed by atoms with E-state index in [1.807, 2.05) is 19.9 Å². The van der Waals surface area contributed by atoms with Crippen molar-refractivity contribution >= 4 is 38.9 Å². The number of hydrogen-bond donors (Lipinski definition) is 1. The Balaban J connectivity index is 1.79. The van der Waals surface area contributed by atoms with Crippen molar-refractivity contribution in [2.45, 2.75) is 28.8 Å². The summed E-state index contributed by atoms with van der Waals surface area (Å²) in [6.45, 7) is 3.78. The van der Waals surface area contributed by atoms with Crippen molar-refractivity contribution in [2.24, 2.45) is 0 Å². The molecule has 3 aromatic rings. The Kier molecular flexibility index (Phi) is 6.37. The van der Waals surface area contributed by atoms with Gasteiger partial charge in [0.15, 0.2) is 15.0 Å². The fourth-order valence-electron chi connectivity index (χ4n) is 2.69. The third-order valence-electron chi connectivity index (χ3n) is 4.08. The zero-order valence-electron chi connectivity index (χ0n) is 16.8. The molecule has 1 heterocycles. The van der Waals surface area contributed by atoms with Crippen LogP contribution in [0.2, 0.25) is 0 Å². The molecule has 0 fully saturated rings. The average molecular weight is 459 g/mol. The van der Waals surface area contributed by atoms with E-state index in [4.69, 9.17) is 0 Å². The zero-order valence-corrected chi connectivity index (χ0v) is 18.5. The Hall–Kier alpha value is -3.31. The molecule has 1 N–H and O–H groups in total. The highest BCUT2D eigenvalue weighted by molar-refractivity contribution is 7.99. The maximum Gasteiger partial charge on any atom is 0.271 e. The van der Waals surface area contributed by atoms with Gasteiger partial charge in [-0.15, -0.1) is 0 Å². The van der Waals surface area contributed by atoms with Gasteiger partial charge in [0.1, 0.15) is 0 Å². The molecule has 9 nitrogen and oxygen atoms in total. The number of anilines is 1. The number of non-ortho nitro benzene ring substituents is 1. The molecule has 0 aliphatic rings. The molecule has 0 spiro atoms. The first-order valence-electron chi connectivity index (χ1n) is 8.92. The molecule has 0 saturated carbocycles. The van der Waals surface area contributed by atoms with Crippen LogP contribution < -0.4 is 5.32 Å². The van der Waals surface area contributed by atoms with E-state index in [0.717, 1.165) is 40.7 Å². The lowest BCUT2D eigenvalue weighted by Crippen LogP contribution is -2.13. The molecule has 3 rings (SSSR count). The predicted octanol–water partition coefficient (Wildman–Crippen LogP) is 3.81. The number of nitrogens with zero attached hydrogens (tertiary/aromatic N) is 3. The molecule has 1 amide bonds. The smallest absolute Gasteiger partial charge is 0.271 e. The summed E-state index contributed by atoms with van der Waals surface area (Å²) in [4.78, 5) is 32.2. The molecule has 0 bridgehead atoms. The molecule has 2 aromatic carbocycles. The van der Waals surface area contributed by atoms with E-state index in [1.165, 1.54) is 11.8 Å². The van der Waals surface area contributed by atoms with Crippen molar-refractivity contribution in [1.29, 1.82) is 0 Å². The second kappa shape index (κ2) is 8.82. The molecule has 11 heteroatoms. The molecule has 0 radical (unpaired) electrons. The quantitative estimate of drug-likeness (QED) is 0.335. The number of aryl methyl sites for hydroxylation is 2. The highest BCUT2D eigenvalue weighted by atomic mass is 32.2. The van der Waals surface area contributed by atoms with Crippen LogP contribution in [0.1, 0.15) is 21.7 Å². The first-order chi connectivity index (χ1) is 14.5. The van der Waals surface area contributed by atoms with Gasteiger partial charge < -0.3 is 5.32 Å². The number of amides is 1. The zero-order chi connectivity index (χ0) is 22.8. The van der Waals surface area contributed by atoms with Crippen LogP contribution in [0.15, 0.2) is 63.5 Å². The third kappa shape index (κ3) is 5.86. The summed E-state index contributed by atoms with van der Waals surface area (Å²) < 4.78 is 23.6. The Morgan fingerprint density at radius 2 is 1.65 bits per heavy atom. The van der Waals surface area contributed by atoms with Crippen molar-refractivity contribution in [2.75, 3.05) is 11.6 Å². The summed E-state index contributed by atoms with van der Waals surface area (Å²) in [5, 5.41) is 14.3. The van der Waals surface area contributed by atoms with Crippen LogP contribution in [0.5, 0.6) is 0 Å². The molecule has 0 saturated heterocycles.